The maximum atomic E-state index is 6.38. The maximum absolute atomic E-state index is 6.38. The third-order valence-corrected chi connectivity index (χ3v) is 6.56. The van der Waals surface area contributed by atoms with E-state index in [0.29, 0.717) is 23.7 Å². The summed E-state index contributed by atoms with van der Waals surface area (Å²) < 4.78 is 8.31. The highest BCUT2D eigenvalue weighted by Gasteiger charge is 2.39. The summed E-state index contributed by atoms with van der Waals surface area (Å²) in [5.41, 5.74) is 12.0. The van der Waals surface area contributed by atoms with Gasteiger partial charge in [-0.3, -0.25) is 0 Å². The smallest absolute Gasteiger partial charge is 0.146 e. The predicted molar refractivity (Wildman–Crippen MR) is 103 cm³/mol. The Morgan fingerprint density at radius 3 is 2.89 bits per heavy atom. The first-order valence-corrected chi connectivity index (χ1v) is 10.1. The Bertz CT molecular complexity index is 1040. The van der Waals surface area contributed by atoms with E-state index in [9.17, 15) is 0 Å². The monoisotopic (exact) mass is 364 g/mol. The number of rotatable bonds is 2. The third-order valence-electron chi connectivity index (χ3n) is 6.56. The highest BCUT2D eigenvalue weighted by atomic mass is 16.5. The van der Waals surface area contributed by atoms with Gasteiger partial charge in [-0.2, -0.15) is 0 Å². The third kappa shape index (κ3) is 2.15. The number of nitrogen functional groups attached to an aromatic ring is 1. The van der Waals surface area contributed by atoms with Crippen LogP contribution in [-0.4, -0.2) is 32.8 Å². The summed E-state index contributed by atoms with van der Waals surface area (Å²) in [4.78, 5) is 8.97. The van der Waals surface area contributed by atoms with Crippen molar-refractivity contribution >= 4 is 16.9 Å². The Kier molecular flexibility index (Phi) is 3.21. The molecule has 140 valence electrons. The summed E-state index contributed by atoms with van der Waals surface area (Å²) in [7, 11) is 0. The van der Waals surface area contributed by atoms with Gasteiger partial charge in [0, 0.05) is 35.3 Å². The molecule has 1 saturated heterocycles. The molecular weight excluding hydrogens is 340 g/mol. The Morgan fingerprint density at radius 1 is 1.22 bits per heavy atom. The lowest BCUT2D eigenvalue weighted by Crippen LogP contribution is -2.16. The van der Waals surface area contributed by atoms with Crippen molar-refractivity contribution in [3.8, 4) is 11.3 Å². The summed E-state index contributed by atoms with van der Waals surface area (Å²) in [6, 6.07) is 0.400. The van der Waals surface area contributed by atoms with Crippen molar-refractivity contribution in [2.75, 3.05) is 18.8 Å². The minimum atomic E-state index is 0.400. The van der Waals surface area contributed by atoms with Crippen molar-refractivity contribution < 1.29 is 4.52 Å². The van der Waals surface area contributed by atoms with Gasteiger partial charge in [-0.05, 0) is 44.6 Å². The van der Waals surface area contributed by atoms with Crippen LogP contribution in [0.4, 0.5) is 5.82 Å². The summed E-state index contributed by atoms with van der Waals surface area (Å²) in [5.74, 6) is 2.62. The van der Waals surface area contributed by atoms with E-state index in [0.717, 1.165) is 60.4 Å². The molecule has 7 nitrogen and oxygen atoms in total. The van der Waals surface area contributed by atoms with Gasteiger partial charge < -0.3 is 20.1 Å². The minimum absolute atomic E-state index is 0.400. The predicted octanol–water partition coefficient (Wildman–Crippen LogP) is 3.13. The fourth-order valence-electron chi connectivity index (χ4n) is 5.06. The van der Waals surface area contributed by atoms with Crippen LogP contribution in [0.1, 0.15) is 67.5 Å². The van der Waals surface area contributed by atoms with Crippen molar-refractivity contribution in [3.63, 3.8) is 0 Å². The summed E-state index contributed by atoms with van der Waals surface area (Å²) in [6.07, 6.45) is 7.20. The van der Waals surface area contributed by atoms with Gasteiger partial charge in [-0.25, -0.2) is 9.97 Å². The van der Waals surface area contributed by atoms with Crippen LogP contribution in [0.3, 0.4) is 0 Å². The molecule has 0 radical (unpaired) electrons. The van der Waals surface area contributed by atoms with Crippen LogP contribution in [0.5, 0.6) is 0 Å². The van der Waals surface area contributed by atoms with Crippen LogP contribution in [0.25, 0.3) is 22.3 Å². The minimum Gasteiger partial charge on any atom is -0.383 e. The molecular formula is C20H24N6O. The fourth-order valence-corrected chi connectivity index (χ4v) is 5.06. The van der Waals surface area contributed by atoms with Crippen LogP contribution < -0.4 is 11.1 Å². The zero-order valence-corrected chi connectivity index (χ0v) is 15.5. The van der Waals surface area contributed by atoms with Crippen LogP contribution in [-0.2, 0) is 6.42 Å². The Morgan fingerprint density at radius 2 is 2.11 bits per heavy atom. The van der Waals surface area contributed by atoms with Crippen molar-refractivity contribution in [2.45, 2.75) is 56.9 Å². The van der Waals surface area contributed by atoms with Gasteiger partial charge in [0.2, 0.25) is 0 Å². The first-order valence-electron chi connectivity index (χ1n) is 10.1. The number of nitrogens with zero attached hydrogens (tertiary/aromatic N) is 4. The average Bonchev–Trinajstić information content (AvgIpc) is 3.11. The molecule has 0 aromatic carbocycles. The molecule has 3 aromatic rings. The molecule has 4 heterocycles. The molecule has 1 aliphatic heterocycles. The van der Waals surface area contributed by atoms with Crippen molar-refractivity contribution in [1.29, 1.82) is 0 Å². The van der Waals surface area contributed by atoms with Gasteiger partial charge in [0.1, 0.15) is 29.2 Å². The van der Waals surface area contributed by atoms with Crippen molar-refractivity contribution in [3.05, 3.63) is 23.3 Å². The van der Waals surface area contributed by atoms with E-state index < -0.39 is 0 Å². The second kappa shape index (κ2) is 5.55. The molecule has 27 heavy (non-hydrogen) atoms. The van der Waals surface area contributed by atoms with E-state index in [1.165, 1.54) is 24.1 Å². The van der Waals surface area contributed by atoms with E-state index in [2.05, 4.69) is 31.9 Å². The maximum Gasteiger partial charge on any atom is 0.146 e. The van der Waals surface area contributed by atoms with Gasteiger partial charge in [-0.1, -0.05) is 12.1 Å². The van der Waals surface area contributed by atoms with Crippen LogP contribution in [0.15, 0.2) is 10.9 Å². The first kappa shape index (κ1) is 15.6. The van der Waals surface area contributed by atoms with Gasteiger partial charge in [0.05, 0.1) is 5.39 Å². The average molecular weight is 364 g/mol. The van der Waals surface area contributed by atoms with E-state index >= 15 is 0 Å². The number of hydrogen-bond donors (Lipinski definition) is 2. The largest absolute Gasteiger partial charge is 0.383 e. The Labute approximate surface area is 157 Å². The molecule has 0 bridgehead atoms. The molecule has 2 fully saturated rings. The second-order valence-electron chi connectivity index (χ2n) is 8.32. The van der Waals surface area contributed by atoms with Gasteiger partial charge in [0.15, 0.2) is 0 Å². The Balaban J connectivity index is 1.69. The van der Waals surface area contributed by atoms with Crippen molar-refractivity contribution in [2.24, 2.45) is 0 Å². The lowest BCUT2D eigenvalue weighted by molar-refractivity contribution is 0.382. The summed E-state index contributed by atoms with van der Waals surface area (Å²) >= 11 is 0. The molecule has 0 amide bonds. The van der Waals surface area contributed by atoms with Gasteiger partial charge >= 0.3 is 0 Å². The highest BCUT2D eigenvalue weighted by Crippen LogP contribution is 2.51. The van der Waals surface area contributed by atoms with E-state index in [-0.39, 0.29) is 0 Å². The van der Waals surface area contributed by atoms with Gasteiger partial charge in [0.25, 0.3) is 0 Å². The highest BCUT2D eigenvalue weighted by molar-refractivity contribution is 6.02. The zero-order chi connectivity index (χ0) is 18.1. The van der Waals surface area contributed by atoms with Crippen LogP contribution in [0, 0.1) is 0 Å². The summed E-state index contributed by atoms with van der Waals surface area (Å²) in [6.45, 7) is 4.31. The van der Waals surface area contributed by atoms with Crippen LogP contribution >= 0.6 is 0 Å². The van der Waals surface area contributed by atoms with Crippen molar-refractivity contribution in [1.82, 2.24) is 25.0 Å². The SMILES string of the molecule is C[C@@H]1CCc2c(c3c(N)ncnc3n2C2CCNC2)-c2noc(C3CC3)c21. The quantitative estimate of drug-likeness (QED) is 0.725. The molecule has 6 rings (SSSR count). The molecule has 1 unspecified atom stereocenters. The lowest BCUT2D eigenvalue weighted by atomic mass is 9.94. The van der Waals surface area contributed by atoms with Gasteiger partial charge in [-0.15, -0.1) is 0 Å². The molecule has 3 aliphatic rings. The molecule has 1 saturated carbocycles. The molecule has 3 N–H and O–H groups in total. The fraction of sp³-hybridized carbons (Fsp3) is 0.550. The number of nitrogens with one attached hydrogen (secondary N) is 1. The van der Waals surface area contributed by atoms with E-state index in [4.69, 9.17) is 10.3 Å². The molecule has 0 spiro atoms. The number of anilines is 1. The number of aromatic nitrogens is 4. The Hall–Kier alpha value is -2.41. The molecule has 7 heteroatoms. The molecule has 3 aromatic heterocycles. The number of nitrogens with two attached hydrogens (primary N) is 1. The number of fused-ring (bicyclic) bond motifs is 5. The molecule has 2 atom stereocenters. The lowest BCUT2D eigenvalue weighted by Gasteiger charge is -2.17. The number of hydrogen-bond acceptors (Lipinski definition) is 6. The normalized spacial score (nSPS) is 24.8. The standard InChI is InChI=1S/C20H24N6O/c1-10-2-5-13-15(17-14(10)18(27-25-17)11-3-4-11)16-19(21)23-9-24-20(16)26(13)12-6-7-22-8-12/h9-12,22H,2-8H2,1H3,(H2,21,23,24)/t10-,12?/m1/s1. The molecule has 2 aliphatic carbocycles. The van der Waals surface area contributed by atoms with E-state index in [1.54, 1.807) is 6.33 Å². The zero-order valence-electron chi connectivity index (χ0n) is 15.5. The topological polar surface area (TPSA) is 94.8 Å². The van der Waals surface area contributed by atoms with Crippen LogP contribution in [0.2, 0.25) is 0 Å². The second-order valence-corrected chi connectivity index (χ2v) is 8.32. The first-order chi connectivity index (χ1) is 13.2. The van der Waals surface area contributed by atoms with E-state index in [1.807, 2.05) is 0 Å². The summed E-state index contributed by atoms with van der Waals surface area (Å²) in [5, 5.41) is 9.02.